The summed E-state index contributed by atoms with van der Waals surface area (Å²) in [6.07, 6.45) is 5.49. The lowest BCUT2D eigenvalue weighted by atomic mass is 9.80. The number of nitrogen functional groups attached to an aromatic ring is 1. The Morgan fingerprint density at radius 1 is 1.29 bits per heavy atom. The molecule has 1 aromatic rings. The third-order valence-electron chi connectivity index (χ3n) is 3.38. The number of hydrogen-bond donors (Lipinski definition) is 2. The molecule has 0 radical (unpaired) electrons. The molecule has 0 aromatic carbocycles. The van der Waals surface area contributed by atoms with Crippen LogP contribution in [0.2, 0.25) is 0 Å². The predicted octanol–water partition coefficient (Wildman–Crippen LogP) is 3.66. The monoisotopic (exact) mass is 297 g/mol. The van der Waals surface area contributed by atoms with Crippen LogP contribution in [-0.2, 0) is 0 Å². The van der Waals surface area contributed by atoms with Gasteiger partial charge in [-0.15, -0.1) is 0 Å². The Morgan fingerprint density at radius 3 is 2.53 bits per heavy atom. The van der Waals surface area contributed by atoms with Gasteiger partial charge >= 0.3 is 0 Å². The Bertz CT molecular complexity index is 384. The molecule has 2 rings (SSSR count). The van der Waals surface area contributed by atoms with Gasteiger partial charge in [-0.2, -0.15) is 0 Å². The Hall–Kier alpha value is -0.770. The Labute approximate surface area is 111 Å². The van der Waals surface area contributed by atoms with E-state index in [2.05, 4.69) is 40.1 Å². The summed E-state index contributed by atoms with van der Waals surface area (Å²) in [7, 11) is 0. The van der Waals surface area contributed by atoms with Crippen molar-refractivity contribution in [2.45, 2.75) is 39.2 Å². The minimum Gasteiger partial charge on any atom is -0.397 e. The van der Waals surface area contributed by atoms with Crippen LogP contribution in [0.1, 0.15) is 33.1 Å². The number of aromatic nitrogens is 1. The van der Waals surface area contributed by atoms with Gasteiger partial charge in [-0.25, -0.2) is 4.98 Å². The predicted molar refractivity (Wildman–Crippen MR) is 75.9 cm³/mol. The second-order valence-corrected chi connectivity index (χ2v) is 6.21. The van der Waals surface area contributed by atoms with Crippen LogP contribution < -0.4 is 11.1 Å². The lowest BCUT2D eigenvalue weighted by Gasteiger charge is -2.32. The van der Waals surface area contributed by atoms with Gasteiger partial charge in [-0.3, -0.25) is 0 Å². The molecule has 3 nitrogen and oxygen atoms in total. The van der Waals surface area contributed by atoms with E-state index in [0.29, 0.717) is 11.7 Å². The van der Waals surface area contributed by atoms with Gasteiger partial charge in [0.2, 0.25) is 0 Å². The number of anilines is 2. The van der Waals surface area contributed by atoms with Gasteiger partial charge in [-0.05, 0) is 53.1 Å². The van der Waals surface area contributed by atoms with E-state index in [-0.39, 0.29) is 0 Å². The van der Waals surface area contributed by atoms with E-state index in [1.165, 1.54) is 19.3 Å². The molecule has 0 saturated heterocycles. The molecule has 1 aliphatic rings. The minimum atomic E-state index is 0.529. The molecule has 1 aromatic heterocycles. The van der Waals surface area contributed by atoms with Gasteiger partial charge in [0.05, 0.1) is 16.4 Å². The highest BCUT2D eigenvalue weighted by atomic mass is 79.9. The van der Waals surface area contributed by atoms with Gasteiger partial charge in [0.15, 0.2) is 0 Å². The van der Waals surface area contributed by atoms with Crippen molar-refractivity contribution in [3.05, 3.63) is 16.7 Å². The largest absolute Gasteiger partial charge is 0.397 e. The first-order chi connectivity index (χ1) is 8.04. The van der Waals surface area contributed by atoms with E-state index >= 15 is 0 Å². The highest BCUT2D eigenvalue weighted by Gasteiger charge is 2.24. The van der Waals surface area contributed by atoms with Crippen molar-refractivity contribution in [2.24, 2.45) is 11.8 Å². The molecule has 3 N–H and O–H groups in total. The molecule has 4 heteroatoms. The minimum absolute atomic E-state index is 0.529. The van der Waals surface area contributed by atoms with Crippen LogP contribution in [-0.4, -0.2) is 11.0 Å². The quantitative estimate of drug-likeness (QED) is 0.876. The van der Waals surface area contributed by atoms with Crippen molar-refractivity contribution in [1.82, 2.24) is 4.98 Å². The van der Waals surface area contributed by atoms with Crippen LogP contribution in [0.3, 0.4) is 0 Å². The van der Waals surface area contributed by atoms with Crippen molar-refractivity contribution >= 4 is 27.4 Å². The molecule has 2 atom stereocenters. The topological polar surface area (TPSA) is 50.9 Å². The van der Waals surface area contributed by atoms with E-state index < -0.39 is 0 Å². The lowest BCUT2D eigenvalue weighted by molar-refractivity contribution is 0.280. The van der Waals surface area contributed by atoms with Gasteiger partial charge in [-0.1, -0.05) is 13.8 Å². The van der Waals surface area contributed by atoms with Crippen LogP contribution in [0.4, 0.5) is 11.5 Å². The van der Waals surface area contributed by atoms with Gasteiger partial charge in [0, 0.05) is 6.04 Å². The first-order valence-corrected chi connectivity index (χ1v) is 7.01. The normalized spacial score (nSPS) is 29.0. The van der Waals surface area contributed by atoms with Gasteiger partial charge in [0.25, 0.3) is 0 Å². The molecule has 1 aliphatic carbocycles. The summed E-state index contributed by atoms with van der Waals surface area (Å²) < 4.78 is 0.948. The Morgan fingerprint density at radius 2 is 1.94 bits per heavy atom. The van der Waals surface area contributed by atoms with Gasteiger partial charge in [0.1, 0.15) is 5.82 Å². The summed E-state index contributed by atoms with van der Waals surface area (Å²) in [4.78, 5) is 4.34. The average molecular weight is 298 g/mol. The maximum atomic E-state index is 5.68. The summed E-state index contributed by atoms with van der Waals surface area (Å²) in [5.41, 5.74) is 6.37. The zero-order valence-electron chi connectivity index (χ0n) is 10.4. The van der Waals surface area contributed by atoms with Crippen LogP contribution in [0.25, 0.3) is 0 Å². The fourth-order valence-electron chi connectivity index (χ4n) is 2.82. The Balaban J connectivity index is 2.04. The SMILES string of the molecule is CC1CC(C)CC(Nc2ncc(N)cc2Br)C1. The van der Waals surface area contributed by atoms with Crippen molar-refractivity contribution in [1.29, 1.82) is 0 Å². The number of nitrogens with one attached hydrogen (secondary N) is 1. The number of nitrogens with zero attached hydrogens (tertiary/aromatic N) is 1. The lowest BCUT2D eigenvalue weighted by Crippen LogP contribution is -2.30. The van der Waals surface area contributed by atoms with Gasteiger partial charge < -0.3 is 11.1 Å². The van der Waals surface area contributed by atoms with Crippen molar-refractivity contribution in [3.63, 3.8) is 0 Å². The van der Waals surface area contributed by atoms with Crippen molar-refractivity contribution in [3.8, 4) is 0 Å². The summed E-state index contributed by atoms with van der Waals surface area (Å²) in [6, 6.07) is 2.42. The molecule has 94 valence electrons. The summed E-state index contributed by atoms with van der Waals surface area (Å²) in [5, 5.41) is 3.52. The van der Waals surface area contributed by atoms with Crippen molar-refractivity contribution < 1.29 is 0 Å². The second kappa shape index (κ2) is 5.25. The van der Waals surface area contributed by atoms with E-state index in [1.54, 1.807) is 6.20 Å². The maximum absolute atomic E-state index is 5.68. The number of nitrogens with two attached hydrogens (primary N) is 1. The van der Waals surface area contributed by atoms with Crippen LogP contribution >= 0.6 is 15.9 Å². The van der Waals surface area contributed by atoms with Crippen molar-refractivity contribution in [2.75, 3.05) is 11.1 Å². The molecular weight excluding hydrogens is 278 g/mol. The average Bonchev–Trinajstić information content (AvgIpc) is 2.21. The van der Waals surface area contributed by atoms with Crippen LogP contribution in [0.5, 0.6) is 0 Å². The standard InChI is InChI=1S/C13H20BrN3/c1-8-3-9(2)5-11(4-8)17-13-12(14)6-10(15)7-16-13/h6-9,11H,3-5,15H2,1-2H3,(H,16,17). The fraction of sp³-hybridized carbons (Fsp3) is 0.615. The molecule has 17 heavy (non-hydrogen) atoms. The third kappa shape index (κ3) is 3.35. The maximum Gasteiger partial charge on any atom is 0.140 e. The molecule has 1 fully saturated rings. The molecule has 0 amide bonds. The number of rotatable bonds is 2. The number of pyridine rings is 1. The molecule has 1 heterocycles. The molecule has 0 spiro atoms. The van der Waals surface area contributed by atoms with Crippen LogP contribution in [0, 0.1) is 11.8 Å². The molecule has 1 saturated carbocycles. The molecule has 0 aliphatic heterocycles. The zero-order chi connectivity index (χ0) is 12.4. The highest BCUT2D eigenvalue weighted by Crippen LogP contribution is 2.31. The fourth-order valence-corrected chi connectivity index (χ4v) is 3.30. The summed E-state index contributed by atoms with van der Waals surface area (Å²) in [5.74, 6) is 2.50. The zero-order valence-corrected chi connectivity index (χ0v) is 12.0. The third-order valence-corrected chi connectivity index (χ3v) is 3.99. The van der Waals surface area contributed by atoms with E-state index in [1.807, 2.05) is 6.07 Å². The van der Waals surface area contributed by atoms with E-state index in [0.717, 1.165) is 22.1 Å². The summed E-state index contributed by atoms with van der Waals surface area (Å²) >= 11 is 3.50. The second-order valence-electron chi connectivity index (χ2n) is 5.36. The summed E-state index contributed by atoms with van der Waals surface area (Å²) in [6.45, 7) is 4.66. The highest BCUT2D eigenvalue weighted by molar-refractivity contribution is 9.10. The molecule has 2 unspecified atom stereocenters. The first-order valence-electron chi connectivity index (χ1n) is 6.22. The first kappa shape index (κ1) is 12.7. The molecular formula is C13H20BrN3. The van der Waals surface area contributed by atoms with E-state index in [9.17, 15) is 0 Å². The van der Waals surface area contributed by atoms with E-state index in [4.69, 9.17) is 5.73 Å². The number of halogens is 1. The molecule has 0 bridgehead atoms. The number of hydrogen-bond acceptors (Lipinski definition) is 3. The Kier molecular flexibility index (Phi) is 3.92. The smallest absolute Gasteiger partial charge is 0.140 e. The van der Waals surface area contributed by atoms with Crippen LogP contribution in [0.15, 0.2) is 16.7 Å².